The molecule has 1 fully saturated rings. The van der Waals surface area contributed by atoms with E-state index in [1.54, 1.807) is 17.6 Å². The number of benzene rings is 1. The van der Waals surface area contributed by atoms with Gasteiger partial charge in [-0.1, -0.05) is 24.0 Å². The normalized spacial score (nSPS) is 14.2. The summed E-state index contributed by atoms with van der Waals surface area (Å²) >= 11 is 0. The summed E-state index contributed by atoms with van der Waals surface area (Å²) in [7, 11) is 0. The Kier molecular flexibility index (Phi) is 5.13. The van der Waals surface area contributed by atoms with Crippen LogP contribution in [0.25, 0.3) is 0 Å². The maximum Gasteiger partial charge on any atom is 0.341 e. The van der Waals surface area contributed by atoms with Gasteiger partial charge >= 0.3 is 5.97 Å². The third-order valence-electron chi connectivity index (χ3n) is 4.37. The zero-order chi connectivity index (χ0) is 18.7. The molecule has 0 spiro atoms. The van der Waals surface area contributed by atoms with Gasteiger partial charge in [-0.25, -0.2) is 4.79 Å². The summed E-state index contributed by atoms with van der Waals surface area (Å²) in [6, 6.07) is 10.8. The molecule has 3 rings (SSSR count). The van der Waals surface area contributed by atoms with Crippen molar-refractivity contribution < 1.29 is 14.6 Å². The van der Waals surface area contributed by atoms with Crippen molar-refractivity contribution >= 4 is 5.97 Å². The number of nitrogens with zero attached hydrogens (tertiary/aromatic N) is 1. The second-order valence-corrected chi connectivity index (χ2v) is 6.56. The van der Waals surface area contributed by atoms with E-state index >= 15 is 0 Å². The minimum absolute atomic E-state index is 0.151. The average molecular weight is 351 g/mol. The Labute approximate surface area is 152 Å². The number of carboxylic acids is 1. The number of ether oxygens (including phenoxy) is 1. The molecule has 0 unspecified atom stereocenters. The summed E-state index contributed by atoms with van der Waals surface area (Å²) in [5.41, 5.74) is 2.47. The quantitative estimate of drug-likeness (QED) is 0.841. The van der Waals surface area contributed by atoms with Gasteiger partial charge in [-0.15, -0.1) is 0 Å². The molecule has 134 valence electrons. The molecule has 0 saturated heterocycles. The zero-order valence-corrected chi connectivity index (χ0v) is 14.9. The van der Waals surface area contributed by atoms with E-state index in [0.717, 1.165) is 11.1 Å². The molecule has 1 saturated carbocycles. The topological polar surface area (TPSA) is 68.5 Å². The summed E-state index contributed by atoms with van der Waals surface area (Å²) in [6.45, 7) is 3.29. The monoisotopic (exact) mass is 351 g/mol. The summed E-state index contributed by atoms with van der Waals surface area (Å²) < 4.78 is 6.77. The fourth-order valence-electron chi connectivity index (χ4n) is 2.81. The standard InChI is InChI=1S/C21H21NO4/c1-14-11-19(26-13-21(24)25)12-20(23)22(14)15(2)18-9-7-17(8-10-18)6-5-16-3-4-16/h7-12,15-16H,3-4,13H2,1-2H3,(H,24,25)/t15-/m0/s1. The molecule has 1 aliphatic rings. The van der Waals surface area contributed by atoms with Gasteiger partial charge < -0.3 is 14.4 Å². The van der Waals surface area contributed by atoms with Crippen LogP contribution in [-0.4, -0.2) is 22.2 Å². The first-order valence-corrected chi connectivity index (χ1v) is 8.63. The lowest BCUT2D eigenvalue weighted by molar-refractivity contribution is -0.139. The van der Waals surface area contributed by atoms with E-state index in [4.69, 9.17) is 9.84 Å². The van der Waals surface area contributed by atoms with Crippen molar-refractivity contribution in [3.8, 4) is 17.6 Å². The number of carboxylic acid groups (broad SMARTS) is 1. The molecule has 2 aromatic rings. The minimum atomic E-state index is -1.08. The maximum atomic E-state index is 12.5. The number of aliphatic carboxylic acids is 1. The van der Waals surface area contributed by atoms with Crippen LogP contribution >= 0.6 is 0 Å². The number of hydrogen-bond donors (Lipinski definition) is 1. The van der Waals surface area contributed by atoms with Crippen LogP contribution in [0.1, 0.15) is 42.6 Å². The zero-order valence-electron chi connectivity index (χ0n) is 14.9. The fraction of sp³-hybridized carbons (Fsp3) is 0.333. The van der Waals surface area contributed by atoms with Gasteiger partial charge in [0.1, 0.15) is 5.75 Å². The third kappa shape index (κ3) is 4.34. The van der Waals surface area contributed by atoms with Crippen LogP contribution < -0.4 is 10.3 Å². The molecule has 0 bridgehead atoms. The highest BCUT2D eigenvalue weighted by atomic mass is 16.5. The predicted octanol–water partition coefficient (Wildman–Crippen LogP) is 2.99. The average Bonchev–Trinajstić information content (AvgIpc) is 3.42. The summed E-state index contributed by atoms with van der Waals surface area (Å²) in [4.78, 5) is 23.1. The molecule has 1 atom stereocenters. The highest BCUT2D eigenvalue weighted by molar-refractivity contribution is 5.68. The molecule has 1 aliphatic carbocycles. The SMILES string of the molecule is Cc1cc(OCC(=O)O)cc(=O)n1[C@@H](C)c1ccc(C#CC2CC2)cc1. The molecule has 5 nitrogen and oxygen atoms in total. The molecule has 0 radical (unpaired) electrons. The Balaban J connectivity index is 1.80. The van der Waals surface area contributed by atoms with Crippen molar-refractivity contribution in [3.05, 3.63) is 63.6 Å². The molecule has 0 amide bonds. The first kappa shape index (κ1) is 17.8. The van der Waals surface area contributed by atoms with Crippen molar-refractivity contribution in [2.75, 3.05) is 6.61 Å². The van der Waals surface area contributed by atoms with Crippen LogP contribution in [0, 0.1) is 24.7 Å². The smallest absolute Gasteiger partial charge is 0.341 e. The van der Waals surface area contributed by atoms with Gasteiger partial charge in [-0.3, -0.25) is 4.79 Å². The molecule has 1 heterocycles. The second-order valence-electron chi connectivity index (χ2n) is 6.56. The van der Waals surface area contributed by atoms with Gasteiger partial charge in [0.2, 0.25) is 0 Å². The predicted molar refractivity (Wildman–Crippen MR) is 98.4 cm³/mol. The number of aryl methyl sites for hydroxylation is 1. The van der Waals surface area contributed by atoms with Gasteiger partial charge in [0.05, 0.1) is 6.04 Å². The molecule has 1 aromatic heterocycles. The number of rotatable bonds is 5. The number of aromatic nitrogens is 1. The minimum Gasteiger partial charge on any atom is -0.482 e. The number of pyridine rings is 1. The molecule has 1 N–H and O–H groups in total. The first-order valence-electron chi connectivity index (χ1n) is 8.63. The number of carbonyl (C=O) groups is 1. The van der Waals surface area contributed by atoms with Crippen molar-refractivity contribution in [1.82, 2.24) is 4.57 Å². The molecular weight excluding hydrogens is 330 g/mol. The van der Waals surface area contributed by atoms with Gasteiger partial charge in [0, 0.05) is 23.2 Å². The van der Waals surface area contributed by atoms with Crippen LogP contribution in [0.3, 0.4) is 0 Å². The lowest BCUT2D eigenvalue weighted by atomic mass is 10.1. The van der Waals surface area contributed by atoms with Crippen LogP contribution in [0.4, 0.5) is 0 Å². The van der Waals surface area contributed by atoms with E-state index in [1.165, 1.54) is 18.9 Å². The Morgan fingerprint density at radius 2 is 2.00 bits per heavy atom. The summed E-state index contributed by atoms with van der Waals surface area (Å²) in [6.07, 6.45) is 2.41. The van der Waals surface area contributed by atoms with Crippen LogP contribution in [-0.2, 0) is 4.79 Å². The van der Waals surface area contributed by atoms with E-state index in [1.807, 2.05) is 31.2 Å². The Hall–Kier alpha value is -3.00. The van der Waals surface area contributed by atoms with Crippen LogP contribution in [0.5, 0.6) is 5.75 Å². The number of hydrogen-bond acceptors (Lipinski definition) is 3. The van der Waals surface area contributed by atoms with Gasteiger partial charge in [-0.05, 0) is 50.5 Å². The lowest BCUT2D eigenvalue weighted by Crippen LogP contribution is -2.26. The van der Waals surface area contributed by atoms with Gasteiger partial charge in [0.25, 0.3) is 5.56 Å². The van der Waals surface area contributed by atoms with Crippen molar-refractivity contribution in [1.29, 1.82) is 0 Å². The molecule has 5 heteroatoms. The summed E-state index contributed by atoms with van der Waals surface area (Å²) in [5, 5.41) is 8.68. The van der Waals surface area contributed by atoms with Crippen LogP contribution in [0.2, 0.25) is 0 Å². The first-order chi connectivity index (χ1) is 12.4. The van der Waals surface area contributed by atoms with Crippen molar-refractivity contribution in [3.63, 3.8) is 0 Å². The van der Waals surface area contributed by atoms with E-state index in [2.05, 4.69) is 11.8 Å². The van der Waals surface area contributed by atoms with Gasteiger partial charge in [0.15, 0.2) is 6.61 Å². The van der Waals surface area contributed by atoms with E-state index < -0.39 is 12.6 Å². The molecule has 0 aliphatic heterocycles. The second kappa shape index (κ2) is 7.49. The van der Waals surface area contributed by atoms with E-state index in [9.17, 15) is 9.59 Å². The highest BCUT2D eigenvalue weighted by Crippen LogP contribution is 2.27. The van der Waals surface area contributed by atoms with Crippen molar-refractivity contribution in [2.45, 2.75) is 32.7 Å². The fourth-order valence-corrected chi connectivity index (χ4v) is 2.81. The van der Waals surface area contributed by atoms with E-state index in [-0.39, 0.29) is 17.4 Å². The summed E-state index contributed by atoms with van der Waals surface area (Å²) in [5.74, 6) is 6.17. The Bertz CT molecular complexity index is 927. The Morgan fingerprint density at radius 1 is 1.31 bits per heavy atom. The molecular formula is C21H21NO4. The highest BCUT2D eigenvalue weighted by Gasteiger charge is 2.18. The Morgan fingerprint density at radius 3 is 2.58 bits per heavy atom. The molecule has 26 heavy (non-hydrogen) atoms. The largest absolute Gasteiger partial charge is 0.482 e. The lowest BCUT2D eigenvalue weighted by Gasteiger charge is -2.19. The van der Waals surface area contributed by atoms with Gasteiger partial charge in [-0.2, -0.15) is 0 Å². The van der Waals surface area contributed by atoms with Crippen LogP contribution in [0.15, 0.2) is 41.2 Å². The maximum absolute atomic E-state index is 12.5. The van der Waals surface area contributed by atoms with Crippen molar-refractivity contribution in [2.24, 2.45) is 5.92 Å². The third-order valence-corrected chi connectivity index (χ3v) is 4.37. The molecule has 1 aromatic carbocycles. The van der Waals surface area contributed by atoms with E-state index in [0.29, 0.717) is 11.6 Å².